The standard InChI is InChI=1S/C6H10BrNO2/c1-4(2)8-5(7)3-10-6(8)9/h4-5H,3H2,1-2H3. The molecule has 58 valence electrons. The van der Waals surface area contributed by atoms with Crippen LogP contribution in [0.15, 0.2) is 0 Å². The molecule has 1 unspecified atom stereocenters. The van der Waals surface area contributed by atoms with Crippen molar-refractivity contribution in [3.63, 3.8) is 0 Å². The Bertz CT molecular complexity index is 149. The first kappa shape index (κ1) is 7.85. The van der Waals surface area contributed by atoms with E-state index in [9.17, 15) is 4.79 Å². The number of amides is 1. The Hall–Kier alpha value is -0.250. The maximum absolute atomic E-state index is 10.9. The first-order valence-electron chi connectivity index (χ1n) is 3.22. The van der Waals surface area contributed by atoms with Crippen molar-refractivity contribution in [2.45, 2.75) is 24.8 Å². The Morgan fingerprint density at radius 1 is 1.80 bits per heavy atom. The van der Waals surface area contributed by atoms with Crippen molar-refractivity contribution in [2.24, 2.45) is 0 Å². The first-order valence-corrected chi connectivity index (χ1v) is 4.13. The second-order valence-electron chi connectivity index (χ2n) is 2.51. The van der Waals surface area contributed by atoms with Crippen molar-refractivity contribution in [1.29, 1.82) is 0 Å². The average Bonchev–Trinajstić information content (AvgIpc) is 2.11. The highest BCUT2D eigenvalue weighted by Gasteiger charge is 2.32. The Labute approximate surface area is 68.5 Å². The van der Waals surface area contributed by atoms with Gasteiger partial charge in [0, 0.05) is 6.04 Å². The number of halogens is 1. The van der Waals surface area contributed by atoms with Crippen molar-refractivity contribution in [1.82, 2.24) is 4.90 Å². The van der Waals surface area contributed by atoms with Gasteiger partial charge in [0.2, 0.25) is 0 Å². The van der Waals surface area contributed by atoms with E-state index in [1.807, 2.05) is 13.8 Å². The molecule has 1 saturated heterocycles. The molecule has 0 bridgehead atoms. The van der Waals surface area contributed by atoms with Crippen LogP contribution < -0.4 is 0 Å². The summed E-state index contributed by atoms with van der Waals surface area (Å²) in [6.45, 7) is 4.37. The molecule has 3 nitrogen and oxygen atoms in total. The zero-order chi connectivity index (χ0) is 7.72. The molecule has 0 radical (unpaired) electrons. The van der Waals surface area contributed by atoms with E-state index in [1.54, 1.807) is 4.90 Å². The van der Waals surface area contributed by atoms with Gasteiger partial charge in [-0.1, -0.05) is 15.9 Å². The van der Waals surface area contributed by atoms with E-state index in [1.165, 1.54) is 0 Å². The summed E-state index contributed by atoms with van der Waals surface area (Å²) < 4.78 is 4.78. The lowest BCUT2D eigenvalue weighted by atomic mass is 10.3. The summed E-state index contributed by atoms with van der Waals surface area (Å²) in [7, 11) is 0. The molecule has 1 fully saturated rings. The lowest BCUT2D eigenvalue weighted by Crippen LogP contribution is -2.35. The fraction of sp³-hybridized carbons (Fsp3) is 0.833. The average molecular weight is 208 g/mol. The molecule has 0 N–H and O–H groups in total. The molecule has 10 heavy (non-hydrogen) atoms. The van der Waals surface area contributed by atoms with E-state index in [0.29, 0.717) is 6.61 Å². The second kappa shape index (κ2) is 2.78. The van der Waals surface area contributed by atoms with Crippen LogP contribution >= 0.6 is 15.9 Å². The van der Waals surface area contributed by atoms with Gasteiger partial charge in [-0.3, -0.25) is 4.90 Å². The van der Waals surface area contributed by atoms with E-state index in [0.717, 1.165) is 0 Å². The molecule has 0 aromatic carbocycles. The fourth-order valence-corrected chi connectivity index (χ4v) is 1.72. The minimum Gasteiger partial charge on any atom is -0.446 e. The molecule has 1 atom stereocenters. The summed E-state index contributed by atoms with van der Waals surface area (Å²) in [5, 5.41) is 0. The highest BCUT2D eigenvalue weighted by atomic mass is 79.9. The van der Waals surface area contributed by atoms with Gasteiger partial charge in [-0.15, -0.1) is 0 Å². The predicted molar refractivity (Wildman–Crippen MR) is 41.0 cm³/mol. The number of carbonyl (C=O) groups excluding carboxylic acids is 1. The zero-order valence-electron chi connectivity index (χ0n) is 6.00. The van der Waals surface area contributed by atoms with Crippen LogP contribution in [0.5, 0.6) is 0 Å². The molecule has 4 heteroatoms. The number of hydrogen-bond donors (Lipinski definition) is 0. The summed E-state index contributed by atoms with van der Waals surface area (Å²) in [5.41, 5.74) is 0. The summed E-state index contributed by atoms with van der Waals surface area (Å²) in [6, 6.07) is 0.208. The van der Waals surface area contributed by atoms with E-state index in [4.69, 9.17) is 4.74 Å². The summed E-state index contributed by atoms with van der Waals surface area (Å²) in [5.74, 6) is 0. The highest BCUT2D eigenvalue weighted by Crippen LogP contribution is 2.19. The second-order valence-corrected chi connectivity index (χ2v) is 3.57. The van der Waals surface area contributed by atoms with Gasteiger partial charge in [-0.2, -0.15) is 0 Å². The Morgan fingerprint density at radius 2 is 2.40 bits per heavy atom. The number of carbonyl (C=O) groups is 1. The lowest BCUT2D eigenvalue weighted by Gasteiger charge is -2.20. The molecule has 0 spiro atoms. The maximum Gasteiger partial charge on any atom is 0.411 e. The summed E-state index contributed by atoms with van der Waals surface area (Å²) >= 11 is 3.33. The monoisotopic (exact) mass is 207 g/mol. The predicted octanol–water partition coefficient (Wildman–Crippen LogP) is 1.57. The van der Waals surface area contributed by atoms with Crippen LogP contribution in [0.2, 0.25) is 0 Å². The molecule has 0 aliphatic carbocycles. The molecule has 0 saturated carbocycles. The quantitative estimate of drug-likeness (QED) is 0.483. The minimum atomic E-state index is -0.225. The van der Waals surface area contributed by atoms with Gasteiger partial charge in [0.15, 0.2) is 0 Å². The normalized spacial score (nSPS) is 25.8. The molecule has 0 aromatic rings. The molecular formula is C6H10BrNO2. The van der Waals surface area contributed by atoms with Crippen LogP contribution in [-0.4, -0.2) is 28.6 Å². The smallest absolute Gasteiger partial charge is 0.411 e. The summed E-state index contributed by atoms with van der Waals surface area (Å²) in [4.78, 5) is 12.6. The van der Waals surface area contributed by atoms with E-state index in [2.05, 4.69) is 15.9 Å². The zero-order valence-corrected chi connectivity index (χ0v) is 7.59. The molecule has 1 heterocycles. The molecule has 1 aliphatic rings. The molecule has 1 amide bonds. The van der Waals surface area contributed by atoms with Gasteiger partial charge in [-0.05, 0) is 13.8 Å². The molecule has 0 aromatic heterocycles. The van der Waals surface area contributed by atoms with Crippen LogP contribution in [0.25, 0.3) is 0 Å². The Balaban J connectivity index is 2.63. The Kier molecular flexibility index (Phi) is 2.18. The van der Waals surface area contributed by atoms with E-state index < -0.39 is 0 Å². The number of rotatable bonds is 1. The molecule has 1 aliphatic heterocycles. The van der Waals surface area contributed by atoms with Crippen LogP contribution in [0, 0.1) is 0 Å². The maximum atomic E-state index is 10.9. The third-order valence-corrected chi connectivity index (χ3v) is 2.12. The van der Waals surface area contributed by atoms with Crippen LogP contribution in [0.3, 0.4) is 0 Å². The lowest BCUT2D eigenvalue weighted by molar-refractivity contribution is 0.151. The van der Waals surface area contributed by atoms with Crippen LogP contribution in [0.1, 0.15) is 13.8 Å². The van der Waals surface area contributed by atoms with Gasteiger partial charge < -0.3 is 4.74 Å². The largest absolute Gasteiger partial charge is 0.446 e. The highest BCUT2D eigenvalue weighted by molar-refractivity contribution is 9.09. The van der Waals surface area contributed by atoms with Crippen molar-refractivity contribution in [3.8, 4) is 0 Å². The van der Waals surface area contributed by atoms with E-state index in [-0.39, 0.29) is 17.1 Å². The van der Waals surface area contributed by atoms with Crippen molar-refractivity contribution in [2.75, 3.05) is 6.61 Å². The number of nitrogens with zero attached hydrogens (tertiary/aromatic N) is 1. The fourth-order valence-electron chi connectivity index (χ4n) is 0.944. The van der Waals surface area contributed by atoms with Gasteiger partial charge in [0.25, 0.3) is 0 Å². The van der Waals surface area contributed by atoms with Crippen molar-refractivity contribution in [3.05, 3.63) is 0 Å². The van der Waals surface area contributed by atoms with Crippen molar-refractivity contribution < 1.29 is 9.53 Å². The number of ether oxygens (including phenoxy) is 1. The topological polar surface area (TPSA) is 29.5 Å². The van der Waals surface area contributed by atoms with Gasteiger partial charge >= 0.3 is 6.09 Å². The third-order valence-electron chi connectivity index (χ3n) is 1.41. The minimum absolute atomic E-state index is 0.0556. The van der Waals surface area contributed by atoms with Gasteiger partial charge in [0.1, 0.15) is 11.6 Å². The van der Waals surface area contributed by atoms with Gasteiger partial charge in [0.05, 0.1) is 0 Å². The van der Waals surface area contributed by atoms with Gasteiger partial charge in [-0.25, -0.2) is 4.79 Å². The molecule has 1 rings (SSSR count). The Morgan fingerprint density at radius 3 is 2.60 bits per heavy atom. The third kappa shape index (κ3) is 1.26. The van der Waals surface area contributed by atoms with E-state index >= 15 is 0 Å². The number of alkyl halides is 1. The molecular weight excluding hydrogens is 198 g/mol. The first-order chi connectivity index (χ1) is 4.63. The number of cyclic esters (lactones) is 1. The van der Waals surface area contributed by atoms with Crippen molar-refractivity contribution >= 4 is 22.0 Å². The number of hydrogen-bond acceptors (Lipinski definition) is 2. The van der Waals surface area contributed by atoms with Crippen LogP contribution in [0.4, 0.5) is 4.79 Å². The SMILES string of the molecule is CC(C)N1C(=O)OCC1Br. The summed E-state index contributed by atoms with van der Waals surface area (Å²) in [6.07, 6.45) is -0.225. The van der Waals surface area contributed by atoms with Crippen LogP contribution in [-0.2, 0) is 4.74 Å².